The van der Waals surface area contributed by atoms with E-state index in [9.17, 15) is 13.2 Å². The van der Waals surface area contributed by atoms with Gasteiger partial charge < -0.3 is 5.32 Å². The van der Waals surface area contributed by atoms with Crippen molar-refractivity contribution in [1.29, 1.82) is 0 Å². The van der Waals surface area contributed by atoms with E-state index in [2.05, 4.69) is 10.3 Å². The fraction of sp³-hybridized carbons (Fsp3) is 0.667. The minimum Gasteiger partial charge on any atom is -0.351 e. The maximum atomic E-state index is 12.0. The van der Waals surface area contributed by atoms with Gasteiger partial charge in [-0.25, -0.2) is 13.4 Å². The minimum atomic E-state index is -2.83. The van der Waals surface area contributed by atoms with Gasteiger partial charge in [0.25, 0.3) is 5.91 Å². The average Bonchev–Trinajstić information content (AvgIpc) is 2.67. The van der Waals surface area contributed by atoms with Crippen molar-refractivity contribution in [2.24, 2.45) is 5.92 Å². The van der Waals surface area contributed by atoms with Crippen LogP contribution in [0.1, 0.15) is 33.2 Å². The molecule has 1 aromatic rings. The molecule has 1 aliphatic heterocycles. The number of hydrogen-bond donors (Lipinski definition) is 1. The molecule has 1 aromatic heterocycles. The molecule has 0 unspecified atom stereocenters. The highest BCUT2D eigenvalue weighted by atomic mass is 32.2. The third kappa shape index (κ3) is 3.76. The fourth-order valence-corrected chi connectivity index (χ4v) is 4.63. The summed E-state index contributed by atoms with van der Waals surface area (Å²) in [5.74, 6) is 0.650. The predicted molar refractivity (Wildman–Crippen MR) is 75.3 cm³/mol. The lowest BCUT2D eigenvalue weighted by Gasteiger charge is -2.21. The van der Waals surface area contributed by atoms with Crippen molar-refractivity contribution in [3.63, 3.8) is 0 Å². The molecule has 106 valence electrons. The lowest BCUT2D eigenvalue weighted by atomic mass is 10.0. The largest absolute Gasteiger partial charge is 0.351 e. The molecule has 2 rings (SSSR count). The summed E-state index contributed by atoms with van der Waals surface area (Å²) in [6, 6.07) is 0. The molecule has 1 fully saturated rings. The van der Waals surface area contributed by atoms with Crippen molar-refractivity contribution in [3.8, 4) is 0 Å². The van der Waals surface area contributed by atoms with Crippen LogP contribution >= 0.6 is 11.3 Å². The summed E-state index contributed by atoms with van der Waals surface area (Å²) < 4.78 is 22.6. The number of sulfone groups is 1. The van der Waals surface area contributed by atoms with Gasteiger partial charge in [-0.15, -0.1) is 11.3 Å². The number of nitrogens with zero attached hydrogens (tertiary/aromatic N) is 1. The zero-order chi connectivity index (χ0) is 14.0. The number of rotatable bonds is 3. The van der Waals surface area contributed by atoms with E-state index in [4.69, 9.17) is 0 Å². The first-order valence-corrected chi connectivity index (χ1v) is 8.94. The van der Waals surface area contributed by atoms with E-state index in [1.807, 2.05) is 13.8 Å². The Bertz CT molecular complexity index is 564. The Morgan fingerprint density at radius 3 is 2.53 bits per heavy atom. The van der Waals surface area contributed by atoms with Gasteiger partial charge in [0.2, 0.25) is 0 Å². The summed E-state index contributed by atoms with van der Waals surface area (Å²) in [7, 11) is -2.83. The minimum absolute atomic E-state index is 0.100. The molecule has 0 aromatic carbocycles. The van der Waals surface area contributed by atoms with Crippen LogP contribution in [0.3, 0.4) is 0 Å². The molecule has 5 nitrogen and oxygen atoms in total. The smallest absolute Gasteiger partial charge is 0.263 e. The second-order valence-electron chi connectivity index (χ2n) is 4.95. The van der Waals surface area contributed by atoms with Gasteiger partial charge in [-0.1, -0.05) is 0 Å². The van der Waals surface area contributed by atoms with Gasteiger partial charge in [-0.05, 0) is 32.6 Å². The third-order valence-electron chi connectivity index (χ3n) is 3.34. The second kappa shape index (κ2) is 5.58. The first-order chi connectivity index (χ1) is 8.87. The van der Waals surface area contributed by atoms with Crippen molar-refractivity contribution < 1.29 is 13.2 Å². The van der Waals surface area contributed by atoms with Crippen molar-refractivity contribution in [2.75, 3.05) is 18.1 Å². The summed E-state index contributed by atoms with van der Waals surface area (Å²) in [6.07, 6.45) is 1.28. The quantitative estimate of drug-likeness (QED) is 0.913. The van der Waals surface area contributed by atoms with Crippen LogP contribution in [0.5, 0.6) is 0 Å². The highest BCUT2D eigenvalue weighted by molar-refractivity contribution is 7.91. The first-order valence-electron chi connectivity index (χ1n) is 6.30. The number of aromatic nitrogens is 1. The van der Waals surface area contributed by atoms with Crippen LogP contribution in [0, 0.1) is 19.8 Å². The van der Waals surface area contributed by atoms with Crippen LogP contribution in [0.4, 0.5) is 0 Å². The van der Waals surface area contributed by atoms with Gasteiger partial charge in [0.1, 0.15) is 14.7 Å². The van der Waals surface area contributed by atoms with Crippen LogP contribution in [-0.4, -0.2) is 37.4 Å². The maximum Gasteiger partial charge on any atom is 0.263 e. The van der Waals surface area contributed by atoms with Gasteiger partial charge in [0.05, 0.1) is 22.2 Å². The molecular weight excluding hydrogens is 284 g/mol. The summed E-state index contributed by atoms with van der Waals surface area (Å²) in [5.41, 5.74) is 0.756. The van der Waals surface area contributed by atoms with E-state index in [0.717, 1.165) is 10.7 Å². The van der Waals surface area contributed by atoms with E-state index in [1.165, 1.54) is 11.3 Å². The van der Waals surface area contributed by atoms with Crippen molar-refractivity contribution in [2.45, 2.75) is 26.7 Å². The van der Waals surface area contributed by atoms with Crippen LogP contribution in [-0.2, 0) is 9.84 Å². The second-order valence-corrected chi connectivity index (χ2v) is 8.46. The molecule has 0 saturated carbocycles. The Morgan fingerprint density at radius 2 is 2.00 bits per heavy atom. The Kier molecular flexibility index (Phi) is 4.25. The molecule has 7 heteroatoms. The molecular formula is C12H18N2O3S2. The number of aryl methyl sites for hydroxylation is 2. The third-order valence-corrected chi connectivity index (χ3v) is 6.12. The zero-order valence-corrected chi connectivity index (χ0v) is 12.7. The molecule has 2 heterocycles. The number of amides is 1. The molecule has 1 N–H and O–H groups in total. The van der Waals surface area contributed by atoms with E-state index in [1.54, 1.807) is 0 Å². The van der Waals surface area contributed by atoms with Gasteiger partial charge in [0.15, 0.2) is 0 Å². The normalized spacial score (nSPS) is 19.3. The standard InChI is InChI=1S/C12H18N2O3S2/c1-8-11(18-9(2)14-8)12(15)13-7-10-3-5-19(16,17)6-4-10/h10H,3-7H2,1-2H3,(H,13,15). The molecule has 19 heavy (non-hydrogen) atoms. The Morgan fingerprint density at radius 1 is 1.37 bits per heavy atom. The van der Waals surface area contributed by atoms with Crippen molar-refractivity contribution >= 4 is 27.1 Å². The monoisotopic (exact) mass is 302 g/mol. The van der Waals surface area contributed by atoms with Crippen LogP contribution < -0.4 is 5.32 Å². The van der Waals surface area contributed by atoms with E-state index < -0.39 is 9.84 Å². The summed E-state index contributed by atoms with van der Waals surface area (Å²) in [6.45, 7) is 4.25. The molecule has 1 amide bonds. The average molecular weight is 302 g/mol. The van der Waals surface area contributed by atoms with Crippen molar-refractivity contribution in [3.05, 3.63) is 15.6 Å². The molecule has 0 atom stereocenters. The van der Waals surface area contributed by atoms with Crippen LogP contribution in [0.25, 0.3) is 0 Å². The van der Waals surface area contributed by atoms with Gasteiger partial charge in [-0.2, -0.15) is 0 Å². The zero-order valence-electron chi connectivity index (χ0n) is 11.1. The number of hydrogen-bond acceptors (Lipinski definition) is 5. The highest BCUT2D eigenvalue weighted by Crippen LogP contribution is 2.19. The van der Waals surface area contributed by atoms with Crippen molar-refractivity contribution in [1.82, 2.24) is 10.3 Å². The lowest BCUT2D eigenvalue weighted by molar-refractivity contribution is 0.0949. The topological polar surface area (TPSA) is 76.1 Å². The fourth-order valence-electron chi connectivity index (χ4n) is 2.20. The molecule has 0 bridgehead atoms. The summed E-state index contributed by atoms with van der Waals surface area (Å²) in [5, 5.41) is 3.77. The Hall–Kier alpha value is -0.950. The summed E-state index contributed by atoms with van der Waals surface area (Å²) >= 11 is 1.39. The number of thiazole rings is 1. The van der Waals surface area contributed by atoms with E-state index >= 15 is 0 Å². The molecule has 1 saturated heterocycles. The van der Waals surface area contributed by atoms with E-state index in [-0.39, 0.29) is 23.3 Å². The Balaban J connectivity index is 1.86. The number of nitrogens with one attached hydrogen (secondary N) is 1. The molecule has 0 aliphatic carbocycles. The van der Waals surface area contributed by atoms with E-state index in [0.29, 0.717) is 24.3 Å². The number of carbonyl (C=O) groups is 1. The van der Waals surface area contributed by atoms with Crippen LogP contribution in [0.2, 0.25) is 0 Å². The summed E-state index contributed by atoms with van der Waals surface area (Å²) in [4.78, 5) is 16.9. The van der Waals surface area contributed by atoms with Gasteiger partial charge in [0, 0.05) is 6.54 Å². The molecule has 0 radical (unpaired) electrons. The molecule has 1 aliphatic rings. The maximum absolute atomic E-state index is 12.0. The number of carbonyl (C=O) groups excluding carboxylic acids is 1. The predicted octanol–water partition coefficient (Wildman–Crippen LogP) is 1.31. The van der Waals surface area contributed by atoms with Gasteiger partial charge in [-0.3, -0.25) is 4.79 Å². The Labute approximate surface area is 117 Å². The first kappa shape index (κ1) is 14.5. The lowest BCUT2D eigenvalue weighted by Crippen LogP contribution is -2.34. The van der Waals surface area contributed by atoms with Crippen LogP contribution in [0.15, 0.2) is 0 Å². The molecule has 0 spiro atoms. The van der Waals surface area contributed by atoms with Gasteiger partial charge >= 0.3 is 0 Å². The highest BCUT2D eigenvalue weighted by Gasteiger charge is 2.24. The SMILES string of the molecule is Cc1nc(C)c(C(=O)NCC2CCS(=O)(=O)CC2)s1.